The second-order valence-electron chi connectivity index (χ2n) is 8.87. The average Bonchev–Trinajstić information content (AvgIpc) is 3.33. The molecule has 28 heavy (non-hydrogen) atoms. The smallest absolute Gasteiger partial charge is 0.112 e. The maximum absolute atomic E-state index is 2.90. The summed E-state index contributed by atoms with van der Waals surface area (Å²) in [7, 11) is 0. The standard InChI is InChI=1S/C24H30IN2.HI/c1-17(19-9-5-3-6-10-19)26-21-13-24-23(26)14-22(15-25)27(24,16-21)18(2)20-11-7-4-8-12-20;/h3-12,17-18,21-24H,13-16H2,1-2H3;1H/q+1;/p-1/t17-,18-,21+,22+,23+,24+,27?;/m0./s1. The molecule has 0 spiro atoms. The van der Waals surface area contributed by atoms with E-state index in [2.05, 4.69) is 102 Å². The number of rotatable bonds is 5. The van der Waals surface area contributed by atoms with Crippen LogP contribution in [0.4, 0.5) is 0 Å². The van der Waals surface area contributed by atoms with Gasteiger partial charge in [-0.2, -0.15) is 0 Å². The molecule has 3 fully saturated rings. The van der Waals surface area contributed by atoms with Crippen LogP contribution in [0, 0.1) is 0 Å². The van der Waals surface area contributed by atoms with Crippen molar-refractivity contribution in [1.82, 2.24) is 4.90 Å². The van der Waals surface area contributed by atoms with E-state index in [9.17, 15) is 0 Å². The Labute approximate surface area is 200 Å². The van der Waals surface area contributed by atoms with E-state index in [0.717, 1.165) is 24.2 Å². The van der Waals surface area contributed by atoms with Crippen molar-refractivity contribution in [3.8, 4) is 0 Å². The van der Waals surface area contributed by atoms with Crippen LogP contribution in [-0.4, -0.2) is 44.5 Å². The maximum Gasteiger partial charge on any atom is 0.112 e. The first kappa shape index (κ1) is 21.1. The van der Waals surface area contributed by atoms with Gasteiger partial charge in [0.2, 0.25) is 0 Å². The molecule has 0 N–H and O–H groups in total. The molecule has 0 aliphatic carbocycles. The van der Waals surface area contributed by atoms with E-state index < -0.39 is 0 Å². The van der Waals surface area contributed by atoms with Gasteiger partial charge >= 0.3 is 0 Å². The summed E-state index contributed by atoms with van der Waals surface area (Å²) in [5.41, 5.74) is 3.01. The molecule has 3 heterocycles. The zero-order valence-corrected chi connectivity index (χ0v) is 21.0. The number of quaternary nitrogens is 1. The van der Waals surface area contributed by atoms with Crippen LogP contribution in [-0.2, 0) is 0 Å². The minimum absolute atomic E-state index is 0. The van der Waals surface area contributed by atoms with Gasteiger partial charge in [0.25, 0.3) is 0 Å². The molecule has 3 aliphatic rings. The largest absolute Gasteiger partial charge is 1.00 e. The van der Waals surface area contributed by atoms with Crippen LogP contribution in [0.2, 0.25) is 0 Å². The topological polar surface area (TPSA) is 3.24 Å². The highest BCUT2D eigenvalue weighted by Gasteiger charge is 2.69. The SMILES string of the molecule is C[C@@H](c1ccccc1)N1[C@@H]2C[C@@H]3[C@H]1C[C@H](CI)[N+]3([C@@H](C)c1ccccc1)C2.[I-]. The van der Waals surface area contributed by atoms with Crippen molar-refractivity contribution < 1.29 is 28.5 Å². The molecule has 2 aromatic rings. The fraction of sp³-hybridized carbons (Fsp3) is 0.500. The first-order valence-corrected chi connectivity index (χ1v) is 12.0. The van der Waals surface area contributed by atoms with E-state index in [1.807, 2.05) is 0 Å². The van der Waals surface area contributed by atoms with Gasteiger partial charge in [-0.1, -0.05) is 83.3 Å². The van der Waals surface area contributed by atoms with Gasteiger partial charge < -0.3 is 28.5 Å². The Balaban J connectivity index is 0.00000192. The van der Waals surface area contributed by atoms with Gasteiger partial charge in [-0.15, -0.1) is 0 Å². The normalized spacial score (nSPS) is 35.5. The molecular formula is C24H30I2N2. The van der Waals surface area contributed by atoms with Gasteiger partial charge in [-0.05, 0) is 19.4 Å². The molecular weight excluding hydrogens is 570 g/mol. The highest BCUT2D eigenvalue weighted by atomic mass is 127. The zero-order chi connectivity index (χ0) is 18.6. The lowest BCUT2D eigenvalue weighted by Crippen LogP contribution is -3.00. The van der Waals surface area contributed by atoms with Crippen molar-refractivity contribution in [3.05, 3.63) is 71.8 Å². The van der Waals surface area contributed by atoms with Crippen molar-refractivity contribution in [2.45, 2.75) is 62.9 Å². The van der Waals surface area contributed by atoms with Crippen LogP contribution < -0.4 is 24.0 Å². The number of fused-ring (bicyclic) bond motifs is 1. The number of hydrogen-bond acceptors (Lipinski definition) is 1. The molecule has 2 nitrogen and oxygen atoms in total. The predicted molar refractivity (Wildman–Crippen MR) is 120 cm³/mol. The average molecular weight is 600 g/mol. The highest BCUT2D eigenvalue weighted by molar-refractivity contribution is 14.1. The molecule has 0 amide bonds. The fourth-order valence-corrected chi connectivity index (χ4v) is 7.95. The maximum atomic E-state index is 2.90. The number of piperazine rings is 1. The van der Waals surface area contributed by atoms with Crippen LogP contribution >= 0.6 is 22.6 Å². The van der Waals surface area contributed by atoms with E-state index in [4.69, 9.17) is 0 Å². The minimum Gasteiger partial charge on any atom is -1.00 e. The molecule has 0 saturated carbocycles. The quantitative estimate of drug-likeness (QED) is 0.290. The number of halogens is 2. The van der Waals surface area contributed by atoms with Crippen LogP contribution in [0.3, 0.4) is 0 Å². The summed E-state index contributed by atoms with van der Waals surface area (Å²) >= 11 is 2.66. The second kappa shape index (κ2) is 8.16. The molecule has 4 heteroatoms. The van der Waals surface area contributed by atoms with Crippen molar-refractivity contribution in [2.75, 3.05) is 11.0 Å². The molecule has 2 aromatic carbocycles. The van der Waals surface area contributed by atoms with E-state index >= 15 is 0 Å². The summed E-state index contributed by atoms with van der Waals surface area (Å²) in [6.07, 6.45) is 2.77. The predicted octanol–water partition coefficient (Wildman–Crippen LogP) is 2.36. The minimum atomic E-state index is 0. The number of benzene rings is 2. The Hall–Kier alpha value is -0.180. The van der Waals surface area contributed by atoms with E-state index in [1.54, 1.807) is 0 Å². The Kier molecular flexibility index (Phi) is 6.14. The lowest BCUT2D eigenvalue weighted by atomic mass is 10.0. The summed E-state index contributed by atoms with van der Waals surface area (Å²) in [4.78, 5) is 2.90. The zero-order valence-electron chi connectivity index (χ0n) is 16.7. The lowest BCUT2D eigenvalue weighted by Gasteiger charge is -2.49. The molecule has 5 rings (SSSR count). The third kappa shape index (κ3) is 3.00. The number of nitrogens with zero attached hydrogens (tertiary/aromatic N) is 2. The van der Waals surface area contributed by atoms with Crippen molar-refractivity contribution in [3.63, 3.8) is 0 Å². The Bertz CT molecular complexity index is 799. The third-order valence-corrected chi connectivity index (χ3v) is 9.03. The van der Waals surface area contributed by atoms with Crippen LogP contribution in [0.15, 0.2) is 60.7 Å². The van der Waals surface area contributed by atoms with E-state index in [1.165, 1.54) is 39.4 Å². The second-order valence-corrected chi connectivity index (χ2v) is 9.75. The van der Waals surface area contributed by atoms with Gasteiger partial charge in [0.15, 0.2) is 0 Å². The number of likely N-dealkylation sites (tertiary alicyclic amines) is 1. The van der Waals surface area contributed by atoms with E-state index in [0.29, 0.717) is 12.1 Å². The van der Waals surface area contributed by atoms with Crippen LogP contribution in [0.1, 0.15) is 49.9 Å². The third-order valence-electron chi connectivity index (χ3n) is 8.01. The molecule has 7 atom stereocenters. The molecule has 3 saturated heterocycles. The van der Waals surface area contributed by atoms with Gasteiger partial charge in [-0.3, -0.25) is 4.90 Å². The van der Waals surface area contributed by atoms with Crippen LogP contribution in [0.5, 0.6) is 0 Å². The van der Waals surface area contributed by atoms with Gasteiger partial charge in [0.05, 0.1) is 23.1 Å². The molecule has 0 aromatic heterocycles. The Morgan fingerprint density at radius 2 is 1.57 bits per heavy atom. The lowest BCUT2D eigenvalue weighted by molar-refractivity contribution is -0.977. The van der Waals surface area contributed by atoms with Gasteiger partial charge in [0.1, 0.15) is 18.1 Å². The summed E-state index contributed by atoms with van der Waals surface area (Å²) in [5.74, 6) is 0. The Morgan fingerprint density at radius 1 is 0.964 bits per heavy atom. The van der Waals surface area contributed by atoms with Crippen molar-refractivity contribution in [2.24, 2.45) is 0 Å². The van der Waals surface area contributed by atoms with Crippen molar-refractivity contribution in [1.29, 1.82) is 0 Å². The summed E-state index contributed by atoms with van der Waals surface area (Å²) < 4.78 is 2.63. The molecule has 3 aliphatic heterocycles. The summed E-state index contributed by atoms with van der Waals surface area (Å²) in [6.45, 7) is 6.27. The molecule has 150 valence electrons. The number of hydrogen-bond donors (Lipinski definition) is 0. The first-order valence-electron chi connectivity index (χ1n) is 10.5. The number of alkyl halides is 1. The fourth-order valence-electron chi connectivity index (χ4n) is 6.86. The first-order chi connectivity index (χ1) is 13.2. The van der Waals surface area contributed by atoms with E-state index in [-0.39, 0.29) is 24.0 Å². The monoisotopic (exact) mass is 600 g/mol. The summed E-state index contributed by atoms with van der Waals surface area (Å²) in [5, 5.41) is 0. The Morgan fingerprint density at radius 3 is 2.18 bits per heavy atom. The molecule has 1 unspecified atom stereocenters. The molecule has 0 radical (unpaired) electrons. The van der Waals surface area contributed by atoms with Gasteiger partial charge in [0, 0.05) is 24.4 Å². The summed E-state index contributed by atoms with van der Waals surface area (Å²) in [6, 6.07) is 26.7. The van der Waals surface area contributed by atoms with Gasteiger partial charge in [-0.25, -0.2) is 0 Å². The molecule has 2 bridgehead atoms. The van der Waals surface area contributed by atoms with Crippen molar-refractivity contribution >= 4 is 22.6 Å². The van der Waals surface area contributed by atoms with Crippen LogP contribution in [0.25, 0.3) is 0 Å². The highest BCUT2D eigenvalue weighted by Crippen LogP contribution is 2.57.